The number of fused-ring (bicyclic) bond motifs is 2. The fraction of sp³-hybridized carbons (Fsp3) is 0.776. The summed E-state index contributed by atoms with van der Waals surface area (Å²) in [5.41, 5.74) is 6.34. The number of likely N-dealkylation sites (tertiary alicyclic amines) is 1. The lowest BCUT2D eigenvalue weighted by molar-refractivity contribution is -0.172. The lowest BCUT2D eigenvalue weighted by Gasteiger charge is -2.38. The molecule has 3 heterocycles. The molecule has 0 aromatic heterocycles. The number of hydrogen-bond donors (Lipinski definition) is 0. The van der Waals surface area contributed by atoms with Crippen molar-refractivity contribution in [2.24, 2.45) is 35.5 Å². The Kier molecular flexibility index (Phi) is 24.6. The highest BCUT2D eigenvalue weighted by Crippen LogP contribution is 2.47. The van der Waals surface area contributed by atoms with Gasteiger partial charge in [0.05, 0.1) is 6.42 Å². The minimum atomic E-state index is -1.92. The second kappa shape index (κ2) is 29.6. The lowest BCUT2D eigenvalue weighted by Crippen LogP contribution is -2.43. The Labute approximate surface area is 463 Å². The number of rotatable bonds is 32. The van der Waals surface area contributed by atoms with Gasteiger partial charge in [-0.15, -0.1) is 0 Å². The van der Waals surface area contributed by atoms with E-state index in [9.17, 15) is 14.4 Å². The normalized spacial score (nSPS) is 20.0. The standard InChI is InChI=1S/C67H109NO8/c1-44(2)24-17-26-46(5)28-19-30-48(7)32-21-37-66(15)39-34-56-54(13)59(50(9)52(11)61(56)75-66)73-64(70)63(72-58(69)36-43-68-41-23-42-68)65(71)74-60-51(10)53(12)62-57(55(60)14)35-40-67(16,76-62)38-22-33-49(8)31-20-29-47(6)27-18-25-45(3)4/h44-49,63H,17-43H2,1-16H3/t46-,47-,48-,49-,66-,67-/m1/s1. The number of hydrogen-bond acceptors (Lipinski definition) is 9. The van der Waals surface area contributed by atoms with Gasteiger partial charge in [-0.2, -0.15) is 0 Å². The lowest BCUT2D eigenvalue weighted by atomic mass is 9.83. The first-order valence-corrected chi connectivity index (χ1v) is 30.9. The van der Waals surface area contributed by atoms with Crippen LogP contribution in [0.4, 0.5) is 0 Å². The number of carbonyl (C=O) groups is 3. The average molecular weight is 1060 g/mol. The van der Waals surface area contributed by atoms with Gasteiger partial charge < -0.3 is 28.6 Å². The molecule has 9 heteroatoms. The van der Waals surface area contributed by atoms with Crippen LogP contribution in [0.2, 0.25) is 0 Å². The molecule has 0 amide bonds. The highest BCUT2D eigenvalue weighted by Gasteiger charge is 2.40. The molecule has 0 unspecified atom stereocenters. The maximum atomic E-state index is 14.4. The molecule has 5 rings (SSSR count). The Hall–Kier alpha value is -3.59. The van der Waals surface area contributed by atoms with Crippen molar-refractivity contribution in [2.45, 2.75) is 282 Å². The number of esters is 3. The Balaban J connectivity index is 1.22. The molecule has 2 aromatic carbocycles. The molecular weight excluding hydrogens is 947 g/mol. The maximum Gasteiger partial charge on any atom is 0.364 e. The second-order valence-corrected chi connectivity index (χ2v) is 26.5. The SMILES string of the molecule is Cc1c(C)c2c(c(C)c1OC(=O)C(OC(=O)CCN1CCC1)C(=O)Oc1c(C)c(C)c3c(c1C)CC[C@@](C)(CCC[C@H](C)CCC[C@H](C)CCCC(C)C)O3)CC[C@@](C)(CCC[C@H](C)CCC[C@H](C)CCCC(C)C)O2. The molecule has 0 N–H and O–H groups in total. The molecule has 0 spiro atoms. The molecular formula is C67H109NO8. The number of ether oxygens (including phenoxy) is 5. The predicted octanol–water partition coefficient (Wildman–Crippen LogP) is 17.1. The van der Waals surface area contributed by atoms with Crippen LogP contribution in [0.3, 0.4) is 0 Å². The quantitative estimate of drug-likeness (QED) is 0.0403. The molecule has 430 valence electrons. The third-order valence-electron chi connectivity index (χ3n) is 18.3. The summed E-state index contributed by atoms with van der Waals surface area (Å²) in [6.45, 7) is 37.5. The summed E-state index contributed by atoms with van der Waals surface area (Å²) in [7, 11) is 0. The number of nitrogens with zero attached hydrogens (tertiary/aromatic N) is 1. The topological polar surface area (TPSA) is 101 Å². The average Bonchev–Trinajstić information content (AvgIpc) is 3.34. The number of benzene rings is 2. The van der Waals surface area contributed by atoms with Crippen LogP contribution < -0.4 is 18.9 Å². The van der Waals surface area contributed by atoms with Gasteiger partial charge in [0.2, 0.25) is 0 Å². The molecule has 9 nitrogen and oxygen atoms in total. The van der Waals surface area contributed by atoms with E-state index in [2.05, 4.69) is 74.1 Å². The van der Waals surface area contributed by atoms with Crippen molar-refractivity contribution in [3.8, 4) is 23.0 Å². The van der Waals surface area contributed by atoms with Crippen molar-refractivity contribution in [3.63, 3.8) is 0 Å². The first-order valence-electron chi connectivity index (χ1n) is 30.9. The summed E-state index contributed by atoms with van der Waals surface area (Å²) in [4.78, 5) is 44.5. The fourth-order valence-corrected chi connectivity index (χ4v) is 12.4. The molecule has 6 atom stereocenters. The largest absolute Gasteiger partial charge is 0.487 e. The maximum absolute atomic E-state index is 14.4. The molecule has 0 aliphatic carbocycles. The van der Waals surface area contributed by atoms with Gasteiger partial charge in [-0.05, 0) is 195 Å². The molecule has 3 aliphatic rings. The van der Waals surface area contributed by atoms with E-state index in [1.807, 2.05) is 41.5 Å². The zero-order valence-electron chi connectivity index (χ0n) is 51.3. The number of carbonyl (C=O) groups excluding carboxylic acids is 3. The molecule has 1 fully saturated rings. The fourth-order valence-electron chi connectivity index (χ4n) is 12.4. The Bertz CT molecular complexity index is 2070. The van der Waals surface area contributed by atoms with E-state index in [0.29, 0.717) is 29.9 Å². The van der Waals surface area contributed by atoms with Gasteiger partial charge in [0.25, 0.3) is 6.10 Å². The third kappa shape index (κ3) is 18.5. The highest BCUT2D eigenvalue weighted by molar-refractivity contribution is 6.01. The van der Waals surface area contributed by atoms with Crippen molar-refractivity contribution >= 4 is 17.9 Å². The summed E-state index contributed by atoms with van der Waals surface area (Å²) in [5.74, 6) is 4.46. The van der Waals surface area contributed by atoms with Crippen LogP contribution in [-0.4, -0.2) is 59.7 Å². The smallest absolute Gasteiger partial charge is 0.364 e. The van der Waals surface area contributed by atoms with Gasteiger partial charge in [-0.3, -0.25) is 4.79 Å². The molecule has 0 bridgehead atoms. The molecule has 3 aliphatic heterocycles. The van der Waals surface area contributed by atoms with Crippen LogP contribution in [0.5, 0.6) is 23.0 Å². The van der Waals surface area contributed by atoms with Crippen molar-refractivity contribution < 1.29 is 38.1 Å². The van der Waals surface area contributed by atoms with Gasteiger partial charge >= 0.3 is 17.9 Å². The van der Waals surface area contributed by atoms with Crippen molar-refractivity contribution in [3.05, 3.63) is 44.5 Å². The van der Waals surface area contributed by atoms with Crippen molar-refractivity contribution in [2.75, 3.05) is 19.6 Å². The molecule has 0 radical (unpaired) electrons. The first-order chi connectivity index (χ1) is 35.9. The van der Waals surface area contributed by atoms with Gasteiger partial charge in [-0.25, -0.2) is 9.59 Å². The zero-order valence-corrected chi connectivity index (χ0v) is 51.3. The Morgan fingerprint density at radius 1 is 0.500 bits per heavy atom. The van der Waals surface area contributed by atoms with Gasteiger partial charge in [0.1, 0.15) is 34.2 Å². The van der Waals surface area contributed by atoms with E-state index in [0.717, 1.165) is 151 Å². The molecule has 2 aromatic rings. The second-order valence-electron chi connectivity index (χ2n) is 26.5. The van der Waals surface area contributed by atoms with Gasteiger partial charge in [0.15, 0.2) is 0 Å². The van der Waals surface area contributed by atoms with Gasteiger partial charge in [-0.1, -0.05) is 145 Å². The Morgan fingerprint density at radius 2 is 0.855 bits per heavy atom. The van der Waals surface area contributed by atoms with Crippen LogP contribution in [-0.2, 0) is 32.0 Å². The summed E-state index contributed by atoms with van der Waals surface area (Å²) in [6, 6.07) is 0. The summed E-state index contributed by atoms with van der Waals surface area (Å²) >= 11 is 0. The summed E-state index contributed by atoms with van der Waals surface area (Å²) < 4.78 is 32.1. The van der Waals surface area contributed by atoms with Crippen LogP contribution in [0, 0.1) is 77.0 Å². The summed E-state index contributed by atoms with van der Waals surface area (Å²) in [5, 5.41) is 0. The van der Waals surface area contributed by atoms with E-state index in [1.165, 1.54) is 89.9 Å². The third-order valence-corrected chi connectivity index (χ3v) is 18.3. The summed E-state index contributed by atoms with van der Waals surface area (Å²) in [6.07, 6.45) is 24.9. The first kappa shape index (κ1) is 63.2. The minimum Gasteiger partial charge on any atom is -0.487 e. The monoisotopic (exact) mass is 1060 g/mol. The van der Waals surface area contributed by atoms with Crippen molar-refractivity contribution in [1.82, 2.24) is 4.90 Å². The zero-order chi connectivity index (χ0) is 55.9. The molecule has 76 heavy (non-hydrogen) atoms. The molecule has 1 saturated heterocycles. The van der Waals surface area contributed by atoms with Gasteiger partial charge in [0, 0.05) is 17.7 Å². The van der Waals surface area contributed by atoms with E-state index < -0.39 is 24.0 Å². The van der Waals surface area contributed by atoms with Crippen LogP contribution >= 0.6 is 0 Å². The highest BCUT2D eigenvalue weighted by atomic mass is 16.6. The van der Waals surface area contributed by atoms with E-state index in [1.54, 1.807) is 0 Å². The molecule has 0 saturated carbocycles. The van der Waals surface area contributed by atoms with Crippen LogP contribution in [0.25, 0.3) is 0 Å². The Morgan fingerprint density at radius 3 is 1.20 bits per heavy atom. The minimum absolute atomic E-state index is 0.0447. The van der Waals surface area contributed by atoms with E-state index in [-0.39, 0.29) is 17.6 Å². The van der Waals surface area contributed by atoms with Crippen LogP contribution in [0.15, 0.2) is 0 Å². The van der Waals surface area contributed by atoms with Crippen LogP contribution in [0.1, 0.15) is 255 Å². The predicted molar refractivity (Wildman–Crippen MR) is 312 cm³/mol. The van der Waals surface area contributed by atoms with Crippen molar-refractivity contribution in [1.29, 1.82) is 0 Å². The van der Waals surface area contributed by atoms with E-state index in [4.69, 9.17) is 23.7 Å². The van der Waals surface area contributed by atoms with E-state index >= 15 is 0 Å².